The van der Waals surface area contributed by atoms with Crippen molar-refractivity contribution in [1.82, 2.24) is 29.7 Å². The molecule has 1 unspecified atom stereocenters. The molecule has 15 heteroatoms. The largest absolute Gasteiger partial charge is 0.493 e. The Bertz CT molecular complexity index is 1290. The first-order valence-electron chi connectivity index (χ1n) is 11.3. The summed E-state index contributed by atoms with van der Waals surface area (Å²) in [6.45, 7) is 6.87. The van der Waals surface area contributed by atoms with Crippen LogP contribution in [0.5, 0.6) is 12.0 Å². The second-order valence-electron chi connectivity index (χ2n) is 8.36. The summed E-state index contributed by atoms with van der Waals surface area (Å²) in [5.41, 5.74) is 0.459. The average molecular weight is 522 g/mol. The number of halogens is 3. The maximum atomic E-state index is 13.5. The molecule has 0 amide bonds. The summed E-state index contributed by atoms with van der Waals surface area (Å²) in [6.07, 6.45) is -6.38. The number of ether oxygens (including phenoxy) is 1. The summed E-state index contributed by atoms with van der Waals surface area (Å²) >= 11 is 0. The van der Waals surface area contributed by atoms with Crippen molar-refractivity contribution < 1.29 is 27.5 Å². The Labute approximate surface area is 210 Å². The van der Waals surface area contributed by atoms with Gasteiger partial charge < -0.3 is 19.8 Å². The van der Waals surface area contributed by atoms with E-state index >= 15 is 0 Å². The molecule has 4 heterocycles. The number of piperazine rings is 1. The summed E-state index contributed by atoms with van der Waals surface area (Å²) in [7, 11) is 1.39. The van der Waals surface area contributed by atoms with Crippen LogP contribution in [0.3, 0.4) is 0 Å². The van der Waals surface area contributed by atoms with Gasteiger partial charge in [0.1, 0.15) is 0 Å². The molecular weight excluding hydrogens is 497 g/mol. The Kier molecular flexibility index (Phi) is 7.23. The molecule has 0 radical (unpaired) electrons. The zero-order valence-corrected chi connectivity index (χ0v) is 20.6. The Balaban J connectivity index is 1.86. The molecule has 0 saturated carbocycles. The molecule has 2 aliphatic rings. The molecular formula is C22H25F3N8O4. The number of nitrogens with zero attached hydrogens (tertiary/aromatic N) is 7. The number of fused-ring (bicyclic) bond motifs is 1. The van der Waals surface area contributed by atoms with Crippen molar-refractivity contribution in [3.8, 4) is 23.9 Å². The highest BCUT2D eigenvalue weighted by Gasteiger charge is 2.50. The van der Waals surface area contributed by atoms with E-state index in [0.717, 1.165) is 4.57 Å². The van der Waals surface area contributed by atoms with Crippen molar-refractivity contribution in [3.05, 3.63) is 27.8 Å². The Morgan fingerprint density at radius 3 is 2.43 bits per heavy atom. The molecule has 1 saturated heterocycles. The van der Waals surface area contributed by atoms with Gasteiger partial charge in [-0.05, 0) is 26.8 Å². The number of nitrogens with one attached hydrogen (secondary N) is 1. The van der Waals surface area contributed by atoms with E-state index in [-0.39, 0.29) is 30.1 Å². The van der Waals surface area contributed by atoms with E-state index in [9.17, 15) is 22.8 Å². The zero-order chi connectivity index (χ0) is 26.9. The lowest BCUT2D eigenvalue weighted by Crippen LogP contribution is -2.61. The fourth-order valence-corrected chi connectivity index (χ4v) is 4.04. The lowest BCUT2D eigenvalue weighted by Gasteiger charge is -2.40. The summed E-state index contributed by atoms with van der Waals surface area (Å²) in [5, 5.41) is 3.85. The third-order valence-electron chi connectivity index (χ3n) is 5.65. The van der Waals surface area contributed by atoms with Crippen LogP contribution in [-0.4, -0.2) is 75.6 Å². The monoisotopic (exact) mass is 522 g/mol. The van der Waals surface area contributed by atoms with Crippen molar-refractivity contribution in [2.45, 2.75) is 33.2 Å². The van der Waals surface area contributed by atoms with Gasteiger partial charge in [-0.2, -0.15) is 18.2 Å². The number of carbonyl (C=O) groups excluding carboxylic acids is 1. The van der Waals surface area contributed by atoms with Gasteiger partial charge in [-0.25, -0.2) is 14.8 Å². The number of aromatic nitrogens is 4. The molecule has 0 aromatic carbocycles. The number of carbonyl (C=O) groups is 1. The van der Waals surface area contributed by atoms with Crippen molar-refractivity contribution in [2.75, 3.05) is 42.7 Å². The minimum Gasteiger partial charge on any atom is -0.390 e. The SMILES string of the molecule is CC#CCN1c2c(nc(Oc3nc(C)cc(C)n3)n(C)c2=O)N(OC(=O)C(F)(F)F)C1N1CCNCC1. The van der Waals surface area contributed by atoms with Gasteiger partial charge in [0.25, 0.3) is 5.56 Å². The minimum atomic E-state index is -5.28. The molecule has 198 valence electrons. The summed E-state index contributed by atoms with van der Waals surface area (Å²) in [4.78, 5) is 46.2. The lowest BCUT2D eigenvalue weighted by molar-refractivity contribution is -0.203. The lowest BCUT2D eigenvalue weighted by atomic mass is 10.3. The molecule has 0 bridgehead atoms. The molecule has 12 nitrogen and oxygen atoms in total. The van der Waals surface area contributed by atoms with Crippen LogP contribution in [0.2, 0.25) is 0 Å². The van der Waals surface area contributed by atoms with Gasteiger partial charge in [0.05, 0.1) is 6.54 Å². The molecule has 2 aliphatic heterocycles. The molecule has 1 N–H and O–H groups in total. The zero-order valence-electron chi connectivity index (χ0n) is 20.6. The van der Waals surface area contributed by atoms with Crippen LogP contribution in [0.4, 0.5) is 24.7 Å². The van der Waals surface area contributed by atoms with E-state index in [0.29, 0.717) is 42.6 Å². The molecule has 1 atom stereocenters. The van der Waals surface area contributed by atoms with Crippen LogP contribution in [0.25, 0.3) is 0 Å². The fourth-order valence-electron chi connectivity index (χ4n) is 4.04. The smallest absolute Gasteiger partial charge is 0.390 e. The second-order valence-corrected chi connectivity index (χ2v) is 8.36. The number of alkyl halides is 3. The van der Waals surface area contributed by atoms with Crippen molar-refractivity contribution >= 4 is 17.5 Å². The first kappa shape index (κ1) is 26.2. The maximum Gasteiger partial charge on any atom is 0.493 e. The molecule has 2 aromatic heterocycles. The van der Waals surface area contributed by atoms with Crippen LogP contribution in [0, 0.1) is 25.7 Å². The Hall–Kier alpha value is -3.90. The predicted molar refractivity (Wildman–Crippen MR) is 125 cm³/mol. The highest BCUT2D eigenvalue weighted by Crippen LogP contribution is 2.39. The molecule has 1 fully saturated rings. The van der Waals surface area contributed by atoms with Gasteiger partial charge in [-0.15, -0.1) is 11.0 Å². The highest BCUT2D eigenvalue weighted by molar-refractivity contribution is 5.80. The predicted octanol–water partition coefficient (Wildman–Crippen LogP) is 0.838. The summed E-state index contributed by atoms with van der Waals surface area (Å²) in [6, 6.07) is 1.30. The van der Waals surface area contributed by atoms with E-state index in [1.165, 1.54) is 11.9 Å². The number of hydroxylamine groups is 1. The molecule has 2 aromatic rings. The third kappa shape index (κ3) is 5.30. The van der Waals surface area contributed by atoms with Gasteiger partial charge in [-0.1, -0.05) is 5.92 Å². The van der Waals surface area contributed by atoms with Crippen molar-refractivity contribution in [1.29, 1.82) is 0 Å². The first-order chi connectivity index (χ1) is 17.5. The molecule has 0 aliphatic carbocycles. The third-order valence-corrected chi connectivity index (χ3v) is 5.65. The molecule has 4 rings (SSSR count). The summed E-state index contributed by atoms with van der Waals surface area (Å²) < 4.78 is 46.5. The normalized spacial score (nSPS) is 17.8. The van der Waals surface area contributed by atoms with Crippen LogP contribution in [0.15, 0.2) is 10.9 Å². The van der Waals surface area contributed by atoms with Gasteiger partial charge in [-0.3, -0.25) is 14.3 Å². The van der Waals surface area contributed by atoms with Crippen molar-refractivity contribution in [2.24, 2.45) is 7.05 Å². The van der Waals surface area contributed by atoms with E-state index in [4.69, 9.17) is 9.57 Å². The average Bonchev–Trinajstić information content (AvgIpc) is 3.13. The van der Waals surface area contributed by atoms with Crippen LogP contribution >= 0.6 is 0 Å². The quantitative estimate of drug-likeness (QED) is 0.563. The van der Waals surface area contributed by atoms with Gasteiger partial charge in [0.15, 0.2) is 12.0 Å². The number of anilines is 2. The number of rotatable bonds is 5. The van der Waals surface area contributed by atoms with Crippen LogP contribution in [-0.2, 0) is 16.7 Å². The van der Waals surface area contributed by atoms with Gasteiger partial charge in [0.2, 0.25) is 5.82 Å². The number of hydrogen-bond donors (Lipinski definition) is 1. The van der Waals surface area contributed by atoms with E-state index in [1.807, 2.05) is 0 Å². The number of aryl methyl sites for hydroxylation is 2. The number of hydrogen-bond acceptors (Lipinski definition) is 11. The van der Waals surface area contributed by atoms with E-state index in [2.05, 4.69) is 32.1 Å². The van der Waals surface area contributed by atoms with Crippen LogP contribution < -0.4 is 25.6 Å². The minimum absolute atomic E-state index is 0.0323. The first-order valence-corrected chi connectivity index (χ1v) is 11.3. The van der Waals surface area contributed by atoms with Gasteiger partial charge >= 0.3 is 24.2 Å². The second kappa shape index (κ2) is 10.2. The molecule has 0 spiro atoms. The van der Waals surface area contributed by atoms with Crippen LogP contribution in [0.1, 0.15) is 18.3 Å². The van der Waals surface area contributed by atoms with Gasteiger partial charge in [0, 0.05) is 44.6 Å². The maximum absolute atomic E-state index is 13.5. The Morgan fingerprint density at radius 2 is 1.84 bits per heavy atom. The topological polar surface area (TPSA) is 118 Å². The molecule has 37 heavy (non-hydrogen) atoms. The van der Waals surface area contributed by atoms with Crippen molar-refractivity contribution in [3.63, 3.8) is 0 Å². The Morgan fingerprint density at radius 1 is 1.19 bits per heavy atom. The fraction of sp³-hybridized carbons (Fsp3) is 0.500. The standard InChI is InChI=1S/C22H25F3N8O4/c1-5-6-9-32-15-16(29-20(30(4)17(15)34)36-19-27-13(2)12-14(3)28-19)33(37-18(35)22(23,24)25)21(32)31-10-7-26-8-11-31/h12,21,26H,7-11H2,1-4H3. The summed E-state index contributed by atoms with van der Waals surface area (Å²) in [5.74, 6) is 2.78. The van der Waals surface area contributed by atoms with E-state index < -0.39 is 24.0 Å². The van der Waals surface area contributed by atoms with E-state index in [1.54, 1.807) is 31.7 Å². The highest BCUT2D eigenvalue weighted by atomic mass is 19.4.